The molecule has 0 aromatic rings. The van der Waals surface area contributed by atoms with E-state index in [1.54, 1.807) is 0 Å². The zero-order valence-electron chi connectivity index (χ0n) is 9.66. The van der Waals surface area contributed by atoms with E-state index in [9.17, 15) is 5.11 Å². The first-order valence-electron chi connectivity index (χ1n) is 6.66. The van der Waals surface area contributed by atoms with Gasteiger partial charge in [-0.3, -0.25) is 0 Å². The maximum atomic E-state index is 10.1. The Morgan fingerprint density at radius 3 is 2.53 bits per heavy atom. The fourth-order valence-electron chi connectivity index (χ4n) is 2.98. The molecule has 2 unspecified atom stereocenters. The molecule has 88 valence electrons. The standard InChI is InChI=1S/C13H24O2/c14-13(11-5-2-1-3-6-11)9-8-12-7-4-10-15-12/h11-14H,1-10H2. The lowest BCUT2D eigenvalue weighted by atomic mass is 9.83. The summed E-state index contributed by atoms with van der Waals surface area (Å²) < 4.78 is 5.58. The van der Waals surface area contributed by atoms with Gasteiger partial charge in [-0.25, -0.2) is 0 Å². The Balaban J connectivity index is 1.64. The molecule has 2 aliphatic rings. The summed E-state index contributed by atoms with van der Waals surface area (Å²) in [6.07, 6.45) is 11.3. The molecule has 1 heterocycles. The average molecular weight is 212 g/mol. The fourth-order valence-corrected chi connectivity index (χ4v) is 2.98. The van der Waals surface area contributed by atoms with Crippen LogP contribution >= 0.6 is 0 Å². The number of aliphatic hydroxyl groups is 1. The smallest absolute Gasteiger partial charge is 0.0577 e. The zero-order chi connectivity index (χ0) is 10.5. The maximum absolute atomic E-state index is 10.1. The summed E-state index contributed by atoms with van der Waals surface area (Å²) in [5.41, 5.74) is 0. The van der Waals surface area contributed by atoms with Gasteiger partial charge in [0.2, 0.25) is 0 Å². The minimum absolute atomic E-state index is 0.0606. The van der Waals surface area contributed by atoms with Crippen LogP contribution in [0.5, 0.6) is 0 Å². The number of hydrogen-bond donors (Lipinski definition) is 1. The van der Waals surface area contributed by atoms with Gasteiger partial charge in [0, 0.05) is 6.61 Å². The molecule has 0 aromatic carbocycles. The molecule has 0 aromatic heterocycles. The van der Waals surface area contributed by atoms with E-state index in [-0.39, 0.29) is 6.10 Å². The van der Waals surface area contributed by atoms with Crippen LogP contribution in [0.2, 0.25) is 0 Å². The number of ether oxygens (including phenoxy) is 1. The van der Waals surface area contributed by atoms with E-state index in [0.29, 0.717) is 12.0 Å². The second-order valence-electron chi connectivity index (χ2n) is 5.18. The fraction of sp³-hybridized carbons (Fsp3) is 1.00. The first kappa shape index (κ1) is 11.4. The molecule has 0 amide bonds. The van der Waals surface area contributed by atoms with Crippen LogP contribution in [0.25, 0.3) is 0 Å². The molecule has 2 heteroatoms. The molecule has 1 saturated carbocycles. The Morgan fingerprint density at radius 2 is 1.87 bits per heavy atom. The van der Waals surface area contributed by atoms with Gasteiger partial charge in [-0.05, 0) is 44.4 Å². The van der Waals surface area contributed by atoms with Crippen LogP contribution in [0.1, 0.15) is 57.8 Å². The highest BCUT2D eigenvalue weighted by atomic mass is 16.5. The predicted octanol–water partition coefficient (Wildman–Crippen LogP) is 2.89. The predicted molar refractivity (Wildman–Crippen MR) is 60.8 cm³/mol. The second-order valence-corrected chi connectivity index (χ2v) is 5.18. The third-order valence-corrected chi connectivity index (χ3v) is 4.00. The highest BCUT2D eigenvalue weighted by molar-refractivity contribution is 4.75. The monoisotopic (exact) mass is 212 g/mol. The van der Waals surface area contributed by atoms with Gasteiger partial charge in [0.05, 0.1) is 12.2 Å². The topological polar surface area (TPSA) is 29.5 Å². The molecule has 2 rings (SSSR count). The van der Waals surface area contributed by atoms with Crippen LogP contribution in [0.4, 0.5) is 0 Å². The number of rotatable bonds is 4. The molecule has 1 N–H and O–H groups in total. The maximum Gasteiger partial charge on any atom is 0.0577 e. The van der Waals surface area contributed by atoms with Gasteiger partial charge < -0.3 is 9.84 Å². The van der Waals surface area contributed by atoms with Crippen LogP contribution in [-0.2, 0) is 4.74 Å². The lowest BCUT2D eigenvalue weighted by Gasteiger charge is -2.27. The van der Waals surface area contributed by atoms with E-state index in [1.807, 2.05) is 0 Å². The van der Waals surface area contributed by atoms with Crippen molar-refractivity contribution in [3.8, 4) is 0 Å². The lowest BCUT2D eigenvalue weighted by Crippen LogP contribution is -2.24. The SMILES string of the molecule is OC(CCC1CCCO1)C1CCCCC1. The summed E-state index contributed by atoms with van der Waals surface area (Å²) in [7, 11) is 0. The summed E-state index contributed by atoms with van der Waals surface area (Å²) >= 11 is 0. The Bertz CT molecular complexity index is 169. The minimum atomic E-state index is -0.0606. The third kappa shape index (κ3) is 3.46. The lowest BCUT2D eigenvalue weighted by molar-refractivity contribution is 0.0477. The Kier molecular flexibility index (Phi) is 4.45. The van der Waals surface area contributed by atoms with Crippen molar-refractivity contribution >= 4 is 0 Å². The molecule has 1 saturated heterocycles. The highest BCUT2D eigenvalue weighted by Crippen LogP contribution is 2.29. The van der Waals surface area contributed by atoms with Crippen LogP contribution in [0, 0.1) is 5.92 Å². The number of aliphatic hydroxyl groups excluding tert-OH is 1. The Labute approximate surface area is 93.0 Å². The summed E-state index contributed by atoms with van der Waals surface area (Å²) in [5.74, 6) is 0.583. The molecular formula is C13H24O2. The van der Waals surface area contributed by atoms with E-state index in [1.165, 1.54) is 44.9 Å². The Hall–Kier alpha value is -0.0800. The van der Waals surface area contributed by atoms with Crippen LogP contribution in [0.15, 0.2) is 0 Å². The van der Waals surface area contributed by atoms with Gasteiger partial charge in [0.15, 0.2) is 0 Å². The largest absolute Gasteiger partial charge is 0.393 e. The van der Waals surface area contributed by atoms with Crippen molar-refractivity contribution in [1.82, 2.24) is 0 Å². The second kappa shape index (κ2) is 5.86. The van der Waals surface area contributed by atoms with Gasteiger partial charge in [0.1, 0.15) is 0 Å². The third-order valence-electron chi connectivity index (χ3n) is 4.00. The summed E-state index contributed by atoms with van der Waals surface area (Å²) in [6.45, 7) is 0.935. The number of hydrogen-bond acceptors (Lipinski definition) is 2. The van der Waals surface area contributed by atoms with Gasteiger partial charge in [-0.15, -0.1) is 0 Å². The van der Waals surface area contributed by atoms with Crippen LogP contribution in [-0.4, -0.2) is 23.9 Å². The molecule has 1 aliphatic carbocycles. The van der Waals surface area contributed by atoms with E-state index in [2.05, 4.69) is 0 Å². The summed E-state index contributed by atoms with van der Waals surface area (Å²) in [4.78, 5) is 0. The van der Waals surface area contributed by atoms with E-state index in [4.69, 9.17) is 4.74 Å². The molecule has 0 bridgehead atoms. The van der Waals surface area contributed by atoms with Gasteiger partial charge in [0.25, 0.3) is 0 Å². The van der Waals surface area contributed by atoms with Crippen molar-refractivity contribution in [3.05, 3.63) is 0 Å². The Morgan fingerprint density at radius 1 is 1.07 bits per heavy atom. The average Bonchev–Trinajstić information content (AvgIpc) is 2.80. The molecule has 2 fully saturated rings. The van der Waals surface area contributed by atoms with Crippen molar-refractivity contribution in [2.75, 3.05) is 6.61 Å². The zero-order valence-corrected chi connectivity index (χ0v) is 9.66. The van der Waals surface area contributed by atoms with Gasteiger partial charge >= 0.3 is 0 Å². The van der Waals surface area contributed by atoms with Crippen molar-refractivity contribution in [2.24, 2.45) is 5.92 Å². The van der Waals surface area contributed by atoms with Crippen molar-refractivity contribution in [1.29, 1.82) is 0 Å². The summed E-state index contributed by atoms with van der Waals surface area (Å²) in [6, 6.07) is 0. The van der Waals surface area contributed by atoms with Crippen LogP contribution in [0.3, 0.4) is 0 Å². The van der Waals surface area contributed by atoms with E-state index >= 15 is 0 Å². The van der Waals surface area contributed by atoms with Crippen molar-refractivity contribution < 1.29 is 9.84 Å². The van der Waals surface area contributed by atoms with E-state index in [0.717, 1.165) is 19.4 Å². The quantitative estimate of drug-likeness (QED) is 0.776. The molecular weight excluding hydrogens is 188 g/mol. The molecule has 2 atom stereocenters. The van der Waals surface area contributed by atoms with Crippen molar-refractivity contribution in [2.45, 2.75) is 70.0 Å². The van der Waals surface area contributed by atoms with Gasteiger partial charge in [-0.2, -0.15) is 0 Å². The van der Waals surface area contributed by atoms with Crippen LogP contribution < -0.4 is 0 Å². The van der Waals surface area contributed by atoms with Crippen molar-refractivity contribution in [3.63, 3.8) is 0 Å². The molecule has 2 nitrogen and oxygen atoms in total. The normalized spacial score (nSPS) is 30.6. The molecule has 0 spiro atoms. The first-order valence-corrected chi connectivity index (χ1v) is 6.66. The first-order chi connectivity index (χ1) is 7.36. The molecule has 15 heavy (non-hydrogen) atoms. The molecule has 0 radical (unpaired) electrons. The van der Waals surface area contributed by atoms with Gasteiger partial charge in [-0.1, -0.05) is 19.3 Å². The minimum Gasteiger partial charge on any atom is -0.393 e. The summed E-state index contributed by atoms with van der Waals surface area (Å²) in [5, 5.41) is 10.1. The van der Waals surface area contributed by atoms with E-state index < -0.39 is 0 Å². The highest BCUT2D eigenvalue weighted by Gasteiger charge is 2.23. The molecule has 1 aliphatic heterocycles.